The van der Waals surface area contributed by atoms with E-state index in [1.54, 1.807) is 36.4 Å². The molecule has 0 saturated carbocycles. The van der Waals surface area contributed by atoms with Gasteiger partial charge in [-0.05, 0) is 42.3 Å². The lowest BCUT2D eigenvalue weighted by Crippen LogP contribution is -2.09. The summed E-state index contributed by atoms with van der Waals surface area (Å²) in [7, 11) is -3.08. The number of esters is 1. The zero-order valence-corrected chi connectivity index (χ0v) is 12.7. The van der Waals surface area contributed by atoms with Crippen LogP contribution < -0.4 is 4.74 Å². The van der Waals surface area contributed by atoms with Gasteiger partial charge in [-0.15, -0.1) is 0 Å². The van der Waals surface area contributed by atoms with Crippen molar-refractivity contribution in [2.45, 2.75) is 12.7 Å². The molecule has 0 aliphatic rings. The Morgan fingerprint density at radius 3 is 2.33 bits per heavy atom. The molecule has 2 aromatic carbocycles. The van der Waals surface area contributed by atoms with Crippen LogP contribution in [0.3, 0.4) is 0 Å². The molecule has 0 aliphatic carbocycles. The molecule has 0 bridgehead atoms. The van der Waals surface area contributed by atoms with Crippen molar-refractivity contribution in [1.82, 2.24) is 0 Å². The standard InChI is InChI=1S/C16H16O4S/c1-12-4-3-5-15(10-12)20-16(17)14-8-6-13(7-9-14)11-21(2,18)19/h3-10H,11H2,1-2H3. The first-order valence-corrected chi connectivity index (χ1v) is 8.45. The topological polar surface area (TPSA) is 60.4 Å². The maximum atomic E-state index is 12.0. The van der Waals surface area contributed by atoms with Crippen LogP contribution in [0, 0.1) is 6.92 Å². The maximum absolute atomic E-state index is 12.0. The first-order chi connectivity index (χ1) is 9.83. The quantitative estimate of drug-likeness (QED) is 0.643. The van der Waals surface area contributed by atoms with Crippen LogP contribution in [0.4, 0.5) is 0 Å². The summed E-state index contributed by atoms with van der Waals surface area (Å²) in [6, 6.07) is 13.6. The van der Waals surface area contributed by atoms with E-state index in [4.69, 9.17) is 4.74 Å². The molecule has 0 amide bonds. The summed E-state index contributed by atoms with van der Waals surface area (Å²) in [6.07, 6.45) is 1.17. The van der Waals surface area contributed by atoms with E-state index in [0.717, 1.165) is 5.56 Å². The summed E-state index contributed by atoms with van der Waals surface area (Å²) in [6.45, 7) is 1.91. The van der Waals surface area contributed by atoms with E-state index >= 15 is 0 Å². The molecule has 0 heterocycles. The number of sulfone groups is 1. The second-order valence-electron chi connectivity index (χ2n) is 4.97. The molecule has 0 atom stereocenters. The summed E-state index contributed by atoms with van der Waals surface area (Å²) in [5.74, 6) is -0.0214. The van der Waals surface area contributed by atoms with Crippen molar-refractivity contribution in [3.8, 4) is 5.75 Å². The highest BCUT2D eigenvalue weighted by atomic mass is 32.2. The summed E-state index contributed by atoms with van der Waals surface area (Å²) in [4.78, 5) is 12.0. The van der Waals surface area contributed by atoms with Crippen molar-refractivity contribution in [3.05, 3.63) is 65.2 Å². The van der Waals surface area contributed by atoms with Crippen molar-refractivity contribution in [2.75, 3.05) is 6.26 Å². The number of carbonyl (C=O) groups is 1. The van der Waals surface area contributed by atoms with Gasteiger partial charge >= 0.3 is 5.97 Å². The summed E-state index contributed by atoms with van der Waals surface area (Å²) in [5, 5.41) is 0. The second-order valence-corrected chi connectivity index (χ2v) is 7.11. The van der Waals surface area contributed by atoms with Crippen LogP contribution in [0.2, 0.25) is 0 Å². The summed E-state index contributed by atoms with van der Waals surface area (Å²) in [5.41, 5.74) is 2.03. The van der Waals surface area contributed by atoms with E-state index in [9.17, 15) is 13.2 Å². The first kappa shape index (κ1) is 15.3. The number of rotatable bonds is 4. The van der Waals surface area contributed by atoms with Crippen molar-refractivity contribution in [1.29, 1.82) is 0 Å². The highest BCUT2D eigenvalue weighted by Gasteiger charge is 2.10. The molecule has 2 aromatic rings. The minimum atomic E-state index is -3.08. The molecule has 110 valence electrons. The lowest BCUT2D eigenvalue weighted by molar-refractivity contribution is 0.0734. The Hall–Kier alpha value is -2.14. The molecule has 0 aromatic heterocycles. The van der Waals surface area contributed by atoms with Crippen molar-refractivity contribution < 1.29 is 17.9 Å². The average Bonchev–Trinajstić information content (AvgIpc) is 2.37. The van der Waals surface area contributed by atoms with Crippen molar-refractivity contribution in [3.63, 3.8) is 0 Å². The lowest BCUT2D eigenvalue weighted by Gasteiger charge is -2.06. The molecule has 0 N–H and O–H groups in total. The molecule has 0 saturated heterocycles. The Balaban J connectivity index is 2.10. The van der Waals surface area contributed by atoms with Crippen LogP contribution in [-0.4, -0.2) is 20.6 Å². The van der Waals surface area contributed by atoms with Gasteiger partial charge in [-0.2, -0.15) is 0 Å². The Morgan fingerprint density at radius 2 is 1.76 bits per heavy atom. The van der Waals surface area contributed by atoms with Gasteiger partial charge in [0.05, 0.1) is 11.3 Å². The number of aryl methyl sites for hydroxylation is 1. The number of carbonyl (C=O) groups excluding carboxylic acids is 1. The Kier molecular flexibility index (Phi) is 4.43. The van der Waals surface area contributed by atoms with Crippen LogP contribution in [0.25, 0.3) is 0 Å². The minimum Gasteiger partial charge on any atom is -0.423 e. The Morgan fingerprint density at radius 1 is 1.10 bits per heavy atom. The normalized spacial score (nSPS) is 11.1. The SMILES string of the molecule is Cc1cccc(OC(=O)c2ccc(CS(C)(=O)=O)cc2)c1. The number of hydrogen-bond donors (Lipinski definition) is 0. The molecule has 5 heteroatoms. The van der Waals surface area contributed by atoms with Crippen LogP contribution >= 0.6 is 0 Å². The van der Waals surface area contributed by atoms with Crippen LogP contribution in [0.15, 0.2) is 48.5 Å². The molecule has 0 radical (unpaired) electrons. The minimum absolute atomic E-state index is 0.0415. The van der Waals surface area contributed by atoms with Gasteiger partial charge in [0.1, 0.15) is 5.75 Å². The molecule has 0 unspecified atom stereocenters. The number of ether oxygens (including phenoxy) is 1. The fraction of sp³-hybridized carbons (Fsp3) is 0.188. The third-order valence-electron chi connectivity index (χ3n) is 2.82. The van der Waals surface area contributed by atoms with E-state index in [-0.39, 0.29) is 5.75 Å². The van der Waals surface area contributed by atoms with Crippen LogP contribution in [-0.2, 0) is 15.6 Å². The average molecular weight is 304 g/mol. The van der Waals surface area contributed by atoms with Gasteiger partial charge < -0.3 is 4.74 Å². The lowest BCUT2D eigenvalue weighted by atomic mass is 10.1. The predicted molar refractivity (Wildman–Crippen MR) is 81.1 cm³/mol. The molecule has 21 heavy (non-hydrogen) atoms. The fourth-order valence-corrected chi connectivity index (χ4v) is 2.68. The molecule has 0 aliphatic heterocycles. The molecule has 0 spiro atoms. The number of hydrogen-bond acceptors (Lipinski definition) is 4. The van der Waals surface area contributed by atoms with E-state index in [2.05, 4.69) is 0 Å². The van der Waals surface area contributed by atoms with Crippen molar-refractivity contribution in [2.24, 2.45) is 0 Å². The van der Waals surface area contributed by atoms with Gasteiger partial charge in [0.25, 0.3) is 0 Å². The van der Waals surface area contributed by atoms with Gasteiger partial charge in [0.15, 0.2) is 9.84 Å². The third kappa shape index (κ3) is 4.72. The zero-order valence-electron chi connectivity index (χ0n) is 11.9. The Labute approximate surface area is 124 Å². The van der Waals surface area contributed by atoms with Crippen LogP contribution in [0.5, 0.6) is 5.75 Å². The van der Waals surface area contributed by atoms with Crippen molar-refractivity contribution >= 4 is 15.8 Å². The van der Waals surface area contributed by atoms with E-state index in [1.165, 1.54) is 6.26 Å². The van der Waals surface area contributed by atoms with Gasteiger partial charge in [0.2, 0.25) is 0 Å². The highest BCUT2D eigenvalue weighted by Crippen LogP contribution is 2.15. The second kappa shape index (κ2) is 6.10. The van der Waals surface area contributed by atoms with E-state index < -0.39 is 15.8 Å². The van der Waals surface area contributed by atoms with Crippen LogP contribution in [0.1, 0.15) is 21.5 Å². The molecule has 2 rings (SSSR count). The molecular formula is C16H16O4S. The van der Waals surface area contributed by atoms with Gasteiger partial charge in [-0.3, -0.25) is 0 Å². The highest BCUT2D eigenvalue weighted by molar-refractivity contribution is 7.89. The van der Waals surface area contributed by atoms with Gasteiger partial charge in [-0.1, -0.05) is 24.3 Å². The monoisotopic (exact) mass is 304 g/mol. The maximum Gasteiger partial charge on any atom is 0.343 e. The largest absolute Gasteiger partial charge is 0.423 e. The summed E-state index contributed by atoms with van der Waals surface area (Å²) < 4.78 is 27.7. The van der Waals surface area contributed by atoms with E-state index in [1.807, 2.05) is 19.1 Å². The molecule has 4 nitrogen and oxygen atoms in total. The zero-order chi connectivity index (χ0) is 15.5. The first-order valence-electron chi connectivity index (χ1n) is 6.39. The summed E-state index contributed by atoms with van der Waals surface area (Å²) >= 11 is 0. The third-order valence-corrected chi connectivity index (χ3v) is 3.68. The Bertz CT molecular complexity index is 746. The smallest absolute Gasteiger partial charge is 0.343 e. The molecule has 0 fully saturated rings. The predicted octanol–water partition coefficient (Wildman–Crippen LogP) is 2.76. The van der Waals surface area contributed by atoms with E-state index in [0.29, 0.717) is 16.9 Å². The molecular weight excluding hydrogens is 288 g/mol. The number of benzene rings is 2. The van der Waals surface area contributed by atoms with Gasteiger partial charge in [0, 0.05) is 6.26 Å². The fourth-order valence-electron chi connectivity index (χ4n) is 1.88. The van der Waals surface area contributed by atoms with Gasteiger partial charge in [-0.25, -0.2) is 13.2 Å².